The highest BCUT2D eigenvalue weighted by Crippen LogP contribution is 2.54. The molecule has 0 radical (unpaired) electrons. The van der Waals surface area contributed by atoms with Crippen molar-refractivity contribution in [3.05, 3.63) is 193 Å². The largest absolute Gasteiger partial charge is 0.135 e. The summed E-state index contributed by atoms with van der Waals surface area (Å²) in [5, 5.41) is 13.1. The van der Waals surface area contributed by atoms with E-state index in [1.54, 1.807) is 0 Å². The molecule has 12 rings (SSSR count). The summed E-state index contributed by atoms with van der Waals surface area (Å²) in [5.41, 5.74) is 13.1. The second-order valence-corrected chi connectivity index (χ2v) is 17.1. The van der Waals surface area contributed by atoms with Gasteiger partial charge in [-0.1, -0.05) is 166 Å². The van der Waals surface area contributed by atoms with Crippen molar-refractivity contribution in [2.45, 2.75) is 19.3 Å². The smallest absolute Gasteiger partial charge is 0.0361 e. The topological polar surface area (TPSA) is 0 Å². The lowest BCUT2D eigenvalue weighted by atomic mass is 9.81. The number of hydrogen-bond donors (Lipinski definition) is 0. The van der Waals surface area contributed by atoms with Gasteiger partial charge in [-0.25, -0.2) is 0 Å². The van der Waals surface area contributed by atoms with E-state index in [1.807, 2.05) is 11.3 Å². The average Bonchev–Trinajstić information content (AvgIpc) is 3.74. The maximum absolute atomic E-state index is 2.46. The number of fused-ring (bicyclic) bond motifs is 12. The van der Waals surface area contributed by atoms with Gasteiger partial charge in [-0.05, 0) is 129 Å². The fraction of sp³-hybridized carbons (Fsp3) is 0.0545. The van der Waals surface area contributed by atoms with Crippen molar-refractivity contribution in [2.75, 3.05) is 0 Å². The predicted octanol–water partition coefficient (Wildman–Crippen LogP) is 16.0. The fourth-order valence-electron chi connectivity index (χ4n) is 9.98. The van der Waals surface area contributed by atoms with Crippen LogP contribution in [0.1, 0.15) is 25.0 Å². The van der Waals surface area contributed by atoms with Gasteiger partial charge < -0.3 is 0 Å². The molecule has 0 atom stereocenters. The summed E-state index contributed by atoms with van der Waals surface area (Å²) in [5.74, 6) is 0. The first-order valence-corrected chi connectivity index (χ1v) is 20.4. The Balaban J connectivity index is 0.973. The molecule has 0 fully saturated rings. The molecule has 0 saturated heterocycles. The molecule has 11 aromatic rings. The fourth-order valence-corrected chi connectivity index (χ4v) is 11.1. The monoisotopic (exact) mass is 728 g/mol. The molecule has 0 nitrogen and oxygen atoms in total. The minimum atomic E-state index is -0.103. The zero-order valence-electron chi connectivity index (χ0n) is 31.2. The summed E-state index contributed by atoms with van der Waals surface area (Å²) in [7, 11) is 0. The van der Waals surface area contributed by atoms with Crippen molar-refractivity contribution in [1.29, 1.82) is 0 Å². The Morgan fingerprint density at radius 1 is 0.339 bits per heavy atom. The van der Waals surface area contributed by atoms with Gasteiger partial charge in [0.05, 0.1) is 0 Å². The summed E-state index contributed by atoms with van der Waals surface area (Å²) in [6.45, 7) is 4.79. The van der Waals surface area contributed by atoms with Gasteiger partial charge in [-0.3, -0.25) is 0 Å². The van der Waals surface area contributed by atoms with Gasteiger partial charge in [-0.15, -0.1) is 11.3 Å². The molecule has 0 aliphatic heterocycles. The van der Waals surface area contributed by atoms with Crippen LogP contribution >= 0.6 is 11.3 Å². The Labute approximate surface area is 329 Å². The number of hydrogen-bond acceptors (Lipinski definition) is 1. The molecule has 10 aromatic carbocycles. The molecule has 1 heterocycles. The summed E-state index contributed by atoms with van der Waals surface area (Å²) in [6.07, 6.45) is 0. The zero-order chi connectivity index (χ0) is 37.1. The normalized spacial score (nSPS) is 13.3. The first-order valence-electron chi connectivity index (χ1n) is 19.6. The summed E-state index contributed by atoms with van der Waals surface area (Å²) >= 11 is 1.90. The molecule has 262 valence electrons. The van der Waals surface area contributed by atoms with Crippen LogP contribution in [0.15, 0.2) is 182 Å². The molecule has 1 heteroatoms. The molecule has 1 aliphatic rings. The van der Waals surface area contributed by atoms with Gasteiger partial charge in [0.2, 0.25) is 0 Å². The second kappa shape index (κ2) is 11.7. The Morgan fingerprint density at radius 2 is 0.875 bits per heavy atom. The highest BCUT2D eigenvalue weighted by Gasteiger charge is 2.37. The Hall–Kier alpha value is -6.54. The molecular weight excluding hydrogens is 693 g/mol. The van der Waals surface area contributed by atoms with Gasteiger partial charge in [0.1, 0.15) is 0 Å². The van der Waals surface area contributed by atoms with Crippen LogP contribution < -0.4 is 0 Å². The summed E-state index contributed by atoms with van der Waals surface area (Å²) in [4.78, 5) is 0. The SMILES string of the molecule is CC1(C)c2cc(-c3ccc4cc(-c5c6ccccc6c(-c6ccccc6)c6ccccc56)ccc4c3)ccc2-c2c1ccc1c2ccc2sc3ccccc3c21. The minimum Gasteiger partial charge on any atom is -0.135 e. The van der Waals surface area contributed by atoms with Crippen molar-refractivity contribution in [1.82, 2.24) is 0 Å². The van der Waals surface area contributed by atoms with E-state index in [2.05, 4.69) is 196 Å². The maximum Gasteiger partial charge on any atom is 0.0361 e. The lowest BCUT2D eigenvalue weighted by Crippen LogP contribution is -2.15. The third-order valence-corrected chi connectivity index (χ3v) is 13.8. The first-order chi connectivity index (χ1) is 27.5. The van der Waals surface area contributed by atoms with Crippen LogP contribution in [0.2, 0.25) is 0 Å². The van der Waals surface area contributed by atoms with Gasteiger partial charge in [-0.2, -0.15) is 0 Å². The van der Waals surface area contributed by atoms with E-state index >= 15 is 0 Å². The molecule has 0 amide bonds. The minimum absolute atomic E-state index is 0.103. The van der Waals surface area contributed by atoms with E-state index in [1.165, 1.54) is 119 Å². The lowest BCUT2D eigenvalue weighted by Gasteiger charge is -2.22. The molecule has 0 spiro atoms. The quantitative estimate of drug-likeness (QED) is 0.159. The molecule has 1 aromatic heterocycles. The van der Waals surface area contributed by atoms with Crippen molar-refractivity contribution in [2.24, 2.45) is 0 Å². The van der Waals surface area contributed by atoms with Crippen LogP contribution in [0.3, 0.4) is 0 Å². The van der Waals surface area contributed by atoms with Gasteiger partial charge in [0, 0.05) is 25.6 Å². The molecule has 0 N–H and O–H groups in total. The summed E-state index contributed by atoms with van der Waals surface area (Å²) in [6, 6.07) is 68.2. The lowest BCUT2D eigenvalue weighted by molar-refractivity contribution is 0.661. The van der Waals surface area contributed by atoms with Crippen molar-refractivity contribution in [3.8, 4) is 44.5 Å². The van der Waals surface area contributed by atoms with Crippen molar-refractivity contribution < 1.29 is 0 Å². The van der Waals surface area contributed by atoms with Crippen LogP contribution in [0.4, 0.5) is 0 Å². The third-order valence-electron chi connectivity index (χ3n) is 12.6. The number of rotatable bonds is 3. The standard InChI is InChI=1S/C55H36S/c1-55(2)47-28-26-44-43(27-29-50-54(44)46-18-10-11-19-49(46)56-50)53(47)45-25-24-37(32-48(45)55)35-20-21-36-31-38(23-22-34(36)30-35)52-41-16-8-6-14-39(41)51(33-12-4-3-5-13-33)40-15-7-9-17-42(40)52/h3-32H,1-2H3. The van der Waals surface area contributed by atoms with Crippen LogP contribution in [0.25, 0.3) is 108 Å². The molecule has 0 saturated carbocycles. The highest BCUT2D eigenvalue weighted by molar-refractivity contribution is 7.26. The van der Waals surface area contributed by atoms with Crippen LogP contribution in [0, 0.1) is 0 Å². The van der Waals surface area contributed by atoms with Gasteiger partial charge in [0.25, 0.3) is 0 Å². The van der Waals surface area contributed by atoms with Crippen molar-refractivity contribution in [3.63, 3.8) is 0 Å². The third kappa shape index (κ3) is 4.47. The van der Waals surface area contributed by atoms with Crippen LogP contribution in [-0.4, -0.2) is 0 Å². The Morgan fingerprint density at radius 3 is 1.59 bits per heavy atom. The van der Waals surface area contributed by atoms with Crippen molar-refractivity contribution >= 4 is 74.6 Å². The van der Waals surface area contributed by atoms with E-state index in [9.17, 15) is 0 Å². The van der Waals surface area contributed by atoms with E-state index in [0.29, 0.717) is 0 Å². The summed E-state index contributed by atoms with van der Waals surface area (Å²) < 4.78 is 2.71. The molecule has 0 bridgehead atoms. The number of thiophene rings is 1. The van der Waals surface area contributed by atoms with Gasteiger partial charge in [0.15, 0.2) is 0 Å². The second-order valence-electron chi connectivity index (χ2n) is 16.0. The van der Waals surface area contributed by atoms with E-state index < -0.39 is 0 Å². The average molecular weight is 729 g/mol. The maximum atomic E-state index is 2.46. The highest BCUT2D eigenvalue weighted by atomic mass is 32.1. The molecule has 0 unspecified atom stereocenters. The van der Waals surface area contributed by atoms with Crippen LogP contribution in [0.5, 0.6) is 0 Å². The number of benzene rings is 10. The Kier molecular flexibility index (Phi) is 6.66. The molecular formula is C55H36S. The molecule has 1 aliphatic carbocycles. The van der Waals surface area contributed by atoms with Gasteiger partial charge >= 0.3 is 0 Å². The van der Waals surface area contributed by atoms with E-state index in [-0.39, 0.29) is 5.41 Å². The Bertz CT molecular complexity index is 3380. The molecule has 56 heavy (non-hydrogen) atoms. The van der Waals surface area contributed by atoms with E-state index in [4.69, 9.17) is 0 Å². The zero-order valence-corrected chi connectivity index (χ0v) is 32.0. The van der Waals surface area contributed by atoms with Crippen LogP contribution in [-0.2, 0) is 5.41 Å². The predicted molar refractivity (Wildman–Crippen MR) is 243 cm³/mol. The van der Waals surface area contributed by atoms with E-state index in [0.717, 1.165) is 0 Å². The first kappa shape index (κ1) is 31.8.